The predicted molar refractivity (Wildman–Crippen MR) is 113 cm³/mol. The Bertz CT molecular complexity index is 390. The van der Waals surface area contributed by atoms with Crippen LogP contribution in [-0.4, -0.2) is 32.2 Å². The lowest BCUT2D eigenvalue weighted by Gasteiger charge is -2.23. The second kappa shape index (κ2) is 14.4. The van der Waals surface area contributed by atoms with Crippen LogP contribution in [0.1, 0.15) is 89.0 Å². The predicted octanol–water partition coefficient (Wildman–Crippen LogP) is 7.01. The molecule has 0 aliphatic rings. The van der Waals surface area contributed by atoms with Crippen molar-refractivity contribution in [3.05, 3.63) is 35.9 Å². The molecule has 1 nitrogen and oxygen atoms in total. The van der Waals surface area contributed by atoms with E-state index in [1.807, 2.05) is 0 Å². The maximum atomic E-state index is 2.29. The van der Waals surface area contributed by atoms with Crippen molar-refractivity contribution in [2.75, 3.05) is 27.7 Å². The molecular weight excluding hydrogens is 302 g/mol. The van der Waals surface area contributed by atoms with Crippen LogP contribution in [0, 0.1) is 0 Å². The molecule has 0 atom stereocenters. The van der Waals surface area contributed by atoms with Gasteiger partial charge in [0.15, 0.2) is 0 Å². The van der Waals surface area contributed by atoms with Gasteiger partial charge in [0.25, 0.3) is 0 Å². The fourth-order valence-corrected chi connectivity index (χ4v) is 3.50. The van der Waals surface area contributed by atoms with Crippen molar-refractivity contribution in [3.8, 4) is 0 Å². The average molecular weight is 347 g/mol. The van der Waals surface area contributed by atoms with Crippen molar-refractivity contribution >= 4 is 0 Å². The molecule has 1 aromatic carbocycles. The van der Waals surface area contributed by atoms with E-state index in [0.29, 0.717) is 0 Å². The Morgan fingerprint density at radius 1 is 0.520 bits per heavy atom. The Morgan fingerprint density at radius 2 is 0.920 bits per heavy atom. The highest BCUT2D eigenvalue weighted by Crippen LogP contribution is 2.14. The summed E-state index contributed by atoms with van der Waals surface area (Å²) < 4.78 is 1.12. The van der Waals surface area contributed by atoms with Gasteiger partial charge in [0.1, 0.15) is 0 Å². The van der Waals surface area contributed by atoms with E-state index in [1.54, 1.807) is 0 Å². The van der Waals surface area contributed by atoms with Crippen LogP contribution >= 0.6 is 0 Å². The monoisotopic (exact) mass is 346 g/mol. The highest BCUT2D eigenvalue weighted by atomic mass is 15.3. The molecule has 25 heavy (non-hydrogen) atoms. The Labute approximate surface area is 158 Å². The summed E-state index contributed by atoms with van der Waals surface area (Å²) in [6, 6.07) is 10.9. The molecule has 144 valence electrons. The van der Waals surface area contributed by atoms with Gasteiger partial charge in [0.05, 0.1) is 27.7 Å². The first-order valence-corrected chi connectivity index (χ1v) is 10.9. The molecule has 0 fully saturated rings. The molecule has 1 rings (SSSR count). The van der Waals surface area contributed by atoms with Gasteiger partial charge in [-0.1, -0.05) is 94.5 Å². The van der Waals surface area contributed by atoms with Crippen molar-refractivity contribution in [1.29, 1.82) is 0 Å². The molecule has 0 aliphatic carbocycles. The van der Waals surface area contributed by atoms with E-state index in [2.05, 4.69) is 51.5 Å². The second-order valence-corrected chi connectivity index (χ2v) is 8.85. The lowest BCUT2D eigenvalue weighted by molar-refractivity contribution is -0.870. The van der Waals surface area contributed by atoms with Crippen molar-refractivity contribution < 1.29 is 4.48 Å². The van der Waals surface area contributed by atoms with Gasteiger partial charge in [-0.3, -0.25) is 0 Å². The molecule has 0 spiro atoms. The molecule has 1 heteroatoms. The fourth-order valence-electron chi connectivity index (χ4n) is 3.50. The van der Waals surface area contributed by atoms with Crippen LogP contribution in [0.25, 0.3) is 0 Å². The van der Waals surface area contributed by atoms with Crippen molar-refractivity contribution in [2.45, 2.75) is 89.9 Å². The highest BCUT2D eigenvalue weighted by molar-refractivity contribution is 5.14. The fraction of sp³-hybridized carbons (Fsp3) is 0.750. The molecule has 0 amide bonds. The molecule has 0 unspecified atom stereocenters. The zero-order chi connectivity index (χ0) is 18.2. The minimum Gasteiger partial charge on any atom is -0.331 e. The standard InChI is InChI=1S/C24H44N/c1-25(2,3)23-19-14-12-10-8-6-4-5-7-9-11-13-16-20-24-21-17-15-18-22-24/h15,17-18,21-22H,4-14,16,19-20,23H2,1-3H3/q+1. The van der Waals surface area contributed by atoms with Crippen LogP contribution in [-0.2, 0) is 6.42 Å². The number of aryl methyl sites for hydroxylation is 1. The van der Waals surface area contributed by atoms with Gasteiger partial charge in [-0.15, -0.1) is 0 Å². The van der Waals surface area contributed by atoms with Crippen molar-refractivity contribution in [2.24, 2.45) is 0 Å². The summed E-state index contributed by atoms with van der Waals surface area (Å²) >= 11 is 0. The molecular formula is C24H44N+. The van der Waals surface area contributed by atoms with Crippen LogP contribution in [0.15, 0.2) is 30.3 Å². The minimum absolute atomic E-state index is 1.12. The second-order valence-electron chi connectivity index (χ2n) is 8.85. The van der Waals surface area contributed by atoms with Gasteiger partial charge >= 0.3 is 0 Å². The van der Waals surface area contributed by atoms with Crippen LogP contribution < -0.4 is 0 Å². The summed E-state index contributed by atoms with van der Waals surface area (Å²) in [5.41, 5.74) is 1.50. The van der Waals surface area contributed by atoms with E-state index in [4.69, 9.17) is 0 Å². The summed E-state index contributed by atoms with van der Waals surface area (Å²) in [5.74, 6) is 0. The first kappa shape index (κ1) is 22.2. The topological polar surface area (TPSA) is 0 Å². The molecule has 0 bridgehead atoms. The van der Waals surface area contributed by atoms with E-state index in [1.165, 1.54) is 102 Å². The summed E-state index contributed by atoms with van der Waals surface area (Å²) in [6.07, 6.45) is 19.9. The third-order valence-corrected chi connectivity index (χ3v) is 5.14. The van der Waals surface area contributed by atoms with E-state index in [9.17, 15) is 0 Å². The van der Waals surface area contributed by atoms with Crippen molar-refractivity contribution in [3.63, 3.8) is 0 Å². The van der Waals surface area contributed by atoms with E-state index < -0.39 is 0 Å². The van der Waals surface area contributed by atoms with Gasteiger partial charge in [0.2, 0.25) is 0 Å². The molecule has 0 saturated carbocycles. The van der Waals surface area contributed by atoms with Crippen LogP contribution in [0.2, 0.25) is 0 Å². The van der Waals surface area contributed by atoms with Crippen LogP contribution in [0.5, 0.6) is 0 Å². The maximum Gasteiger partial charge on any atom is 0.0780 e. The molecule has 0 aromatic heterocycles. The molecule has 0 N–H and O–H groups in total. The summed E-state index contributed by atoms with van der Waals surface area (Å²) in [7, 11) is 6.88. The third-order valence-electron chi connectivity index (χ3n) is 5.14. The Kier molecular flexibility index (Phi) is 12.8. The smallest absolute Gasteiger partial charge is 0.0780 e. The molecule has 0 heterocycles. The molecule has 0 saturated heterocycles. The SMILES string of the molecule is C[N+](C)(C)CCCCCCCCCCCCCCCc1ccccc1. The lowest BCUT2D eigenvalue weighted by atomic mass is 10.0. The summed E-state index contributed by atoms with van der Waals surface area (Å²) in [5, 5.41) is 0. The third kappa shape index (κ3) is 15.2. The summed E-state index contributed by atoms with van der Waals surface area (Å²) in [6.45, 7) is 1.32. The van der Waals surface area contributed by atoms with E-state index in [-0.39, 0.29) is 0 Å². The number of benzene rings is 1. The van der Waals surface area contributed by atoms with Crippen molar-refractivity contribution in [1.82, 2.24) is 0 Å². The Hall–Kier alpha value is -0.820. The van der Waals surface area contributed by atoms with E-state index in [0.717, 1.165) is 4.48 Å². The lowest BCUT2D eigenvalue weighted by Crippen LogP contribution is -2.35. The molecule has 1 aromatic rings. The number of hydrogen-bond acceptors (Lipinski definition) is 0. The number of hydrogen-bond donors (Lipinski definition) is 0. The summed E-state index contributed by atoms with van der Waals surface area (Å²) in [4.78, 5) is 0. The largest absolute Gasteiger partial charge is 0.331 e. The first-order chi connectivity index (χ1) is 12.1. The van der Waals surface area contributed by atoms with Gasteiger partial charge in [-0.25, -0.2) is 0 Å². The van der Waals surface area contributed by atoms with Gasteiger partial charge in [-0.05, 0) is 31.2 Å². The zero-order valence-corrected chi connectivity index (χ0v) is 17.4. The Balaban J connectivity index is 1.73. The van der Waals surface area contributed by atoms with Gasteiger partial charge in [-0.2, -0.15) is 0 Å². The minimum atomic E-state index is 1.12. The van der Waals surface area contributed by atoms with Crippen LogP contribution in [0.3, 0.4) is 0 Å². The molecule has 0 radical (unpaired) electrons. The quantitative estimate of drug-likeness (QED) is 0.223. The molecule has 0 aliphatic heterocycles. The van der Waals surface area contributed by atoms with E-state index >= 15 is 0 Å². The number of quaternary nitrogens is 1. The van der Waals surface area contributed by atoms with Gasteiger partial charge in [0, 0.05) is 0 Å². The number of rotatable bonds is 16. The van der Waals surface area contributed by atoms with Crippen LogP contribution in [0.4, 0.5) is 0 Å². The van der Waals surface area contributed by atoms with Gasteiger partial charge < -0.3 is 4.48 Å². The normalized spacial score (nSPS) is 11.8. The number of unbranched alkanes of at least 4 members (excludes halogenated alkanes) is 12. The number of nitrogens with zero attached hydrogens (tertiary/aromatic N) is 1. The zero-order valence-electron chi connectivity index (χ0n) is 17.4. The average Bonchev–Trinajstić information content (AvgIpc) is 2.58. The highest BCUT2D eigenvalue weighted by Gasteiger charge is 2.04. The first-order valence-electron chi connectivity index (χ1n) is 10.9. The Morgan fingerprint density at radius 3 is 1.36 bits per heavy atom. The maximum absolute atomic E-state index is 2.29.